The largest absolute Gasteiger partial charge is 0.208 e. The predicted molar refractivity (Wildman–Crippen MR) is 174 cm³/mol. The molecule has 3 nitrogen and oxygen atoms in total. The second-order valence-electron chi connectivity index (χ2n) is 8.56. The highest BCUT2D eigenvalue weighted by molar-refractivity contribution is 6.25. The molecule has 0 saturated heterocycles. The van der Waals surface area contributed by atoms with Gasteiger partial charge >= 0.3 is 0 Å². The van der Waals surface area contributed by atoms with E-state index in [1.807, 2.05) is 0 Å². The summed E-state index contributed by atoms with van der Waals surface area (Å²) in [5.41, 5.74) is -3.71. The van der Waals surface area contributed by atoms with Crippen LogP contribution in [0.1, 0.15) is 34.3 Å². The van der Waals surface area contributed by atoms with Crippen LogP contribution in [0.25, 0.3) is 77.6 Å². The molecule has 8 aromatic rings. The van der Waals surface area contributed by atoms with Gasteiger partial charge in [-0.15, -0.1) is 0 Å². The lowest BCUT2D eigenvalue weighted by Gasteiger charge is -2.12. The summed E-state index contributed by atoms with van der Waals surface area (Å²) in [6.45, 7) is 0. The monoisotopic (exact) mass is 560 g/mol. The number of fused-ring (bicyclic) bond motifs is 6. The van der Waals surface area contributed by atoms with E-state index in [9.17, 15) is 4.11 Å². The van der Waals surface area contributed by atoms with Crippen molar-refractivity contribution in [1.82, 2.24) is 15.0 Å². The minimum Gasteiger partial charge on any atom is -0.208 e. The third kappa shape index (κ3) is 4.20. The maximum atomic E-state index is 9.66. The van der Waals surface area contributed by atoms with Gasteiger partial charge in [-0.1, -0.05) is 145 Å². The van der Waals surface area contributed by atoms with Gasteiger partial charge in [0, 0.05) is 16.7 Å². The van der Waals surface area contributed by atoms with Crippen LogP contribution >= 0.6 is 0 Å². The minimum absolute atomic E-state index is 0.443. The smallest absolute Gasteiger partial charge is 0.164 e. The summed E-state index contributed by atoms with van der Waals surface area (Å²) in [6.07, 6.45) is 0. The number of hydrogen-bond acceptors (Lipinski definition) is 3. The van der Waals surface area contributed by atoms with Crippen molar-refractivity contribution >= 4 is 32.3 Å². The Kier molecular flexibility index (Phi) is 2.33. The predicted octanol–water partition coefficient (Wildman–Crippen LogP) is 10.00. The Labute approximate surface area is 278 Å². The van der Waals surface area contributed by atoms with Crippen LogP contribution in [0.4, 0.5) is 0 Å². The molecule has 42 heavy (non-hydrogen) atoms. The van der Waals surface area contributed by atoms with Gasteiger partial charge in [-0.25, -0.2) is 15.0 Å². The molecule has 0 aliphatic carbocycles. The first-order valence-electron chi connectivity index (χ1n) is 24.6. The molecule has 8 rings (SSSR count). The third-order valence-electron chi connectivity index (χ3n) is 6.12. The molecule has 1 heterocycles. The van der Waals surface area contributed by atoms with Crippen molar-refractivity contribution in [3.63, 3.8) is 0 Å². The standard InChI is InChI=1S/C39H25N3/c1-3-11-26(12-4-1)27-19-21-29(22-20-27)38-40-37(28-13-5-2-6-14-28)41-39(42-38)30-23-24-35-33-17-8-7-15-31(33)32-16-9-10-18-34(32)36(35)25-30/h1-25H/i1D,2D,3D,4D,5D,6D,7D,8D,9D,10D,11D,12D,13D,14D,15D,16D,17D,18D,19D,20D,21D,22D,23D,24D,25D. The SMILES string of the molecule is [2H]c1c([2H])c([2H])c(-c2nc(-c3c([2H])c([2H])c(-c4c([2H])c([2H])c([2H])c([2H])c4[2H])c([2H])c3[2H])nc(-c3c([2H])c([2H])c4c5c([2H])c([2H])c([2H])c([2H])c5c5c([2H])c([2H])c([2H])c([2H])c5c4c3[2H])n2)c([2H])c1[2H]. The zero-order chi connectivity index (χ0) is 49.6. The van der Waals surface area contributed by atoms with E-state index in [-0.39, 0.29) is 0 Å². The maximum absolute atomic E-state index is 9.66. The Bertz CT molecular complexity index is 3520. The van der Waals surface area contributed by atoms with E-state index in [0.29, 0.717) is 0 Å². The number of rotatable bonds is 4. The van der Waals surface area contributed by atoms with Gasteiger partial charge in [-0.3, -0.25) is 0 Å². The van der Waals surface area contributed by atoms with Crippen molar-refractivity contribution in [2.45, 2.75) is 0 Å². The van der Waals surface area contributed by atoms with Gasteiger partial charge in [0.25, 0.3) is 0 Å². The summed E-state index contributed by atoms with van der Waals surface area (Å²) in [7, 11) is 0. The van der Waals surface area contributed by atoms with Crippen LogP contribution in [0.15, 0.2) is 151 Å². The van der Waals surface area contributed by atoms with Crippen molar-refractivity contribution in [3.05, 3.63) is 151 Å². The van der Waals surface area contributed by atoms with Crippen molar-refractivity contribution < 1.29 is 34.3 Å². The minimum atomic E-state index is -0.994. The topological polar surface area (TPSA) is 38.7 Å². The molecule has 0 N–H and O–H groups in total. The van der Waals surface area contributed by atoms with Gasteiger partial charge in [0.15, 0.2) is 17.5 Å². The molecule has 0 spiro atoms. The summed E-state index contributed by atoms with van der Waals surface area (Å²) in [5, 5.41) is -2.97. The number of hydrogen-bond donors (Lipinski definition) is 0. The van der Waals surface area contributed by atoms with E-state index in [1.54, 1.807) is 0 Å². The Morgan fingerprint density at radius 3 is 1.17 bits per heavy atom. The summed E-state index contributed by atoms with van der Waals surface area (Å²) >= 11 is 0. The number of nitrogens with zero attached hydrogens (tertiary/aromatic N) is 3. The zero-order valence-corrected chi connectivity index (χ0v) is 20.8. The van der Waals surface area contributed by atoms with Crippen LogP contribution < -0.4 is 0 Å². The van der Waals surface area contributed by atoms with Gasteiger partial charge in [-0.05, 0) is 49.5 Å². The normalized spacial score (nSPS) is 19.7. The van der Waals surface area contributed by atoms with Crippen molar-refractivity contribution in [2.75, 3.05) is 0 Å². The first-order valence-corrected chi connectivity index (χ1v) is 12.1. The summed E-state index contributed by atoms with van der Waals surface area (Å²) in [4.78, 5) is 12.8. The van der Waals surface area contributed by atoms with Gasteiger partial charge in [0.2, 0.25) is 0 Å². The van der Waals surface area contributed by atoms with Crippen LogP contribution in [-0.2, 0) is 0 Å². The Hall–Kier alpha value is -5.67. The van der Waals surface area contributed by atoms with Crippen LogP contribution in [0.2, 0.25) is 0 Å². The van der Waals surface area contributed by atoms with E-state index >= 15 is 0 Å². The fourth-order valence-electron chi connectivity index (χ4n) is 4.27. The highest BCUT2D eigenvalue weighted by Gasteiger charge is 2.15. The van der Waals surface area contributed by atoms with E-state index in [2.05, 4.69) is 15.0 Å². The van der Waals surface area contributed by atoms with E-state index in [1.165, 1.54) is 0 Å². The van der Waals surface area contributed by atoms with Gasteiger partial charge in [-0.2, -0.15) is 0 Å². The molecule has 0 radical (unpaired) electrons. The number of benzene rings is 7. The molecule has 0 bridgehead atoms. The average molecular weight is 561 g/mol. The molecule has 0 saturated carbocycles. The highest BCUT2D eigenvalue weighted by Crippen LogP contribution is 2.37. The molecule has 1 aromatic heterocycles. The van der Waals surface area contributed by atoms with Gasteiger partial charge in [0.1, 0.15) is 0 Å². The second kappa shape index (κ2) is 10.1. The van der Waals surface area contributed by atoms with E-state index < -0.39 is 229 Å². The zero-order valence-electron chi connectivity index (χ0n) is 45.8. The first-order chi connectivity index (χ1) is 31.2. The summed E-state index contributed by atoms with van der Waals surface area (Å²) < 4.78 is 217. The fourth-order valence-corrected chi connectivity index (χ4v) is 4.27. The Morgan fingerprint density at radius 2 is 0.619 bits per heavy atom. The molecule has 0 atom stereocenters. The lowest BCUT2D eigenvalue weighted by Crippen LogP contribution is -2.00. The average Bonchev–Trinajstić information content (AvgIpc) is 3.30. The summed E-state index contributed by atoms with van der Waals surface area (Å²) in [5.74, 6) is -2.54. The molecule has 0 fully saturated rings. The van der Waals surface area contributed by atoms with Crippen molar-refractivity contribution in [2.24, 2.45) is 0 Å². The Balaban J connectivity index is 1.59. The first kappa shape index (κ1) is 9.71. The van der Waals surface area contributed by atoms with Gasteiger partial charge < -0.3 is 0 Å². The van der Waals surface area contributed by atoms with Crippen LogP contribution in [0.5, 0.6) is 0 Å². The molecular weight excluding hydrogens is 510 g/mol. The second-order valence-corrected chi connectivity index (χ2v) is 8.56. The highest BCUT2D eigenvalue weighted by atomic mass is 15.0. The van der Waals surface area contributed by atoms with Crippen molar-refractivity contribution in [3.8, 4) is 45.3 Å². The molecule has 7 aromatic carbocycles. The molecule has 196 valence electrons. The lowest BCUT2D eigenvalue weighted by atomic mass is 9.93. The van der Waals surface area contributed by atoms with Crippen LogP contribution in [0.3, 0.4) is 0 Å². The third-order valence-corrected chi connectivity index (χ3v) is 6.12. The van der Waals surface area contributed by atoms with Crippen molar-refractivity contribution in [1.29, 1.82) is 0 Å². The lowest BCUT2D eigenvalue weighted by molar-refractivity contribution is 1.07. The maximum Gasteiger partial charge on any atom is 0.164 e. The molecular formula is C39H25N3. The molecule has 0 amide bonds. The molecule has 0 unspecified atom stereocenters. The van der Waals surface area contributed by atoms with E-state index in [4.69, 9.17) is 30.2 Å². The Morgan fingerprint density at radius 1 is 0.286 bits per heavy atom. The summed E-state index contributed by atoms with van der Waals surface area (Å²) in [6, 6.07) is -21.7. The van der Waals surface area contributed by atoms with Gasteiger partial charge in [0.05, 0.1) is 34.3 Å². The molecule has 0 aliphatic rings. The molecule has 3 heteroatoms. The van der Waals surface area contributed by atoms with Crippen LogP contribution in [0, 0.1) is 0 Å². The number of aromatic nitrogens is 3. The van der Waals surface area contributed by atoms with Crippen LogP contribution in [-0.4, -0.2) is 15.0 Å². The molecule has 0 aliphatic heterocycles. The fraction of sp³-hybridized carbons (Fsp3) is 0. The quantitative estimate of drug-likeness (QED) is 0.201. The van der Waals surface area contributed by atoms with E-state index in [0.717, 1.165) is 0 Å².